The summed E-state index contributed by atoms with van der Waals surface area (Å²) < 4.78 is 5.78. The number of carbonyl (C=O) groups excluding carboxylic acids is 1. The van der Waals surface area contributed by atoms with Gasteiger partial charge in [-0.2, -0.15) is 0 Å². The lowest BCUT2D eigenvalue weighted by Gasteiger charge is -2.45. The number of hydrogen-bond acceptors (Lipinski definition) is 6. The van der Waals surface area contributed by atoms with Crippen molar-refractivity contribution in [3.05, 3.63) is 27.8 Å². The zero-order chi connectivity index (χ0) is 16.9. The van der Waals surface area contributed by atoms with E-state index in [0.717, 1.165) is 0 Å². The van der Waals surface area contributed by atoms with Crippen molar-refractivity contribution in [2.24, 2.45) is 0 Å². The van der Waals surface area contributed by atoms with Crippen LogP contribution in [-0.2, 0) is 4.79 Å². The molecule has 0 saturated carbocycles. The quantitative estimate of drug-likeness (QED) is 0.482. The third-order valence-electron chi connectivity index (χ3n) is 4.50. The standard InChI is InChI=1S/C15H19N3O5/c1-15(2)14(20)13(17-5-3-4-12(17)19)8-6-10(18(21)22)9(16)7-11(8)23-15/h6-7,13-14,20H,3-5,16H2,1-2H3/t13?,14-/m0/s1. The Hall–Kier alpha value is -2.35. The van der Waals surface area contributed by atoms with Crippen LogP contribution in [0.3, 0.4) is 0 Å². The van der Waals surface area contributed by atoms with Crippen molar-refractivity contribution in [3.63, 3.8) is 0 Å². The second-order valence-electron chi connectivity index (χ2n) is 6.49. The molecule has 8 heteroatoms. The summed E-state index contributed by atoms with van der Waals surface area (Å²) in [5, 5.41) is 21.9. The summed E-state index contributed by atoms with van der Waals surface area (Å²) in [4.78, 5) is 24.3. The average molecular weight is 321 g/mol. The van der Waals surface area contributed by atoms with E-state index in [4.69, 9.17) is 10.5 Å². The summed E-state index contributed by atoms with van der Waals surface area (Å²) in [7, 11) is 0. The molecule has 0 radical (unpaired) electrons. The van der Waals surface area contributed by atoms with E-state index in [2.05, 4.69) is 0 Å². The molecular weight excluding hydrogens is 302 g/mol. The molecule has 1 amide bonds. The highest BCUT2D eigenvalue weighted by molar-refractivity contribution is 5.79. The molecule has 3 rings (SSSR count). The van der Waals surface area contributed by atoms with E-state index < -0.39 is 22.7 Å². The van der Waals surface area contributed by atoms with Crippen LogP contribution in [0.1, 0.15) is 38.3 Å². The predicted molar refractivity (Wildman–Crippen MR) is 81.9 cm³/mol. The Morgan fingerprint density at radius 3 is 2.74 bits per heavy atom. The molecule has 124 valence electrons. The minimum atomic E-state index is -1.000. The summed E-state index contributed by atoms with van der Waals surface area (Å²) in [6, 6.07) is 2.02. The molecule has 2 aliphatic heterocycles. The average Bonchev–Trinajstić information content (AvgIpc) is 2.85. The van der Waals surface area contributed by atoms with Crippen LogP contribution >= 0.6 is 0 Å². The molecule has 1 aromatic rings. The van der Waals surface area contributed by atoms with Crippen molar-refractivity contribution in [2.45, 2.75) is 44.4 Å². The molecule has 2 heterocycles. The number of aliphatic hydroxyl groups excluding tert-OH is 1. The molecule has 1 saturated heterocycles. The molecule has 1 fully saturated rings. The summed E-state index contributed by atoms with van der Waals surface area (Å²) >= 11 is 0. The van der Waals surface area contributed by atoms with Crippen LogP contribution in [0.25, 0.3) is 0 Å². The van der Waals surface area contributed by atoms with Crippen LogP contribution in [0.4, 0.5) is 11.4 Å². The lowest BCUT2D eigenvalue weighted by atomic mass is 9.85. The molecule has 8 nitrogen and oxygen atoms in total. The highest BCUT2D eigenvalue weighted by Gasteiger charge is 2.48. The van der Waals surface area contributed by atoms with Crippen molar-refractivity contribution >= 4 is 17.3 Å². The van der Waals surface area contributed by atoms with Gasteiger partial charge in [0.2, 0.25) is 5.91 Å². The number of nitrogen functional groups attached to an aromatic ring is 1. The number of aliphatic hydroxyl groups is 1. The van der Waals surface area contributed by atoms with Crippen molar-refractivity contribution in [1.29, 1.82) is 0 Å². The van der Waals surface area contributed by atoms with Gasteiger partial charge in [-0.1, -0.05) is 0 Å². The van der Waals surface area contributed by atoms with Crippen molar-refractivity contribution in [2.75, 3.05) is 12.3 Å². The summed E-state index contributed by atoms with van der Waals surface area (Å²) in [6.07, 6.45) is 0.118. The third-order valence-corrected chi connectivity index (χ3v) is 4.50. The summed E-state index contributed by atoms with van der Waals surface area (Å²) in [5.74, 6) is 0.297. The van der Waals surface area contributed by atoms with Gasteiger partial charge in [-0.05, 0) is 20.3 Å². The first kappa shape index (κ1) is 15.5. The van der Waals surface area contributed by atoms with E-state index in [-0.39, 0.29) is 17.3 Å². The number of nitro benzene ring substituents is 1. The van der Waals surface area contributed by atoms with Crippen molar-refractivity contribution in [3.8, 4) is 5.75 Å². The van der Waals surface area contributed by atoms with Crippen molar-refractivity contribution < 1.29 is 19.6 Å². The van der Waals surface area contributed by atoms with Crippen molar-refractivity contribution in [1.82, 2.24) is 4.90 Å². The lowest BCUT2D eigenvalue weighted by Crippen LogP contribution is -2.53. The molecular formula is C15H19N3O5. The fourth-order valence-electron chi connectivity index (χ4n) is 3.27. The number of nitro groups is 1. The van der Waals surface area contributed by atoms with Gasteiger partial charge in [0.05, 0.1) is 11.0 Å². The Kier molecular flexibility index (Phi) is 3.44. The Morgan fingerprint density at radius 2 is 2.17 bits per heavy atom. The van der Waals surface area contributed by atoms with Crippen LogP contribution in [0.5, 0.6) is 5.75 Å². The van der Waals surface area contributed by atoms with Gasteiger partial charge in [-0.15, -0.1) is 0 Å². The Morgan fingerprint density at radius 1 is 1.48 bits per heavy atom. The van der Waals surface area contributed by atoms with E-state index >= 15 is 0 Å². The highest BCUT2D eigenvalue weighted by Crippen LogP contribution is 2.46. The number of amides is 1. The first-order valence-electron chi connectivity index (χ1n) is 7.46. The Balaban J connectivity index is 2.17. The monoisotopic (exact) mass is 321 g/mol. The van der Waals surface area contributed by atoms with Gasteiger partial charge in [0, 0.05) is 30.7 Å². The number of rotatable bonds is 2. The number of benzene rings is 1. The van der Waals surface area contributed by atoms with E-state index in [9.17, 15) is 20.0 Å². The number of hydrogen-bond donors (Lipinski definition) is 2. The van der Waals surface area contributed by atoms with E-state index in [0.29, 0.717) is 30.7 Å². The zero-order valence-corrected chi connectivity index (χ0v) is 13.0. The minimum Gasteiger partial charge on any atom is -0.485 e. The van der Waals surface area contributed by atoms with Gasteiger partial charge in [0.25, 0.3) is 5.69 Å². The Bertz CT molecular complexity index is 688. The molecule has 3 N–H and O–H groups in total. The fourth-order valence-corrected chi connectivity index (χ4v) is 3.27. The van der Waals surface area contributed by atoms with Gasteiger partial charge >= 0.3 is 0 Å². The lowest BCUT2D eigenvalue weighted by molar-refractivity contribution is -0.384. The molecule has 1 unspecified atom stereocenters. The van der Waals surface area contributed by atoms with Crippen LogP contribution in [0, 0.1) is 10.1 Å². The van der Waals surface area contributed by atoms with Gasteiger partial charge in [0.15, 0.2) is 0 Å². The first-order valence-corrected chi connectivity index (χ1v) is 7.46. The molecule has 2 aliphatic rings. The fraction of sp³-hybridized carbons (Fsp3) is 0.533. The zero-order valence-electron chi connectivity index (χ0n) is 13.0. The maximum Gasteiger partial charge on any atom is 0.292 e. The molecule has 0 bridgehead atoms. The number of likely N-dealkylation sites (tertiary alicyclic amines) is 1. The second-order valence-corrected chi connectivity index (χ2v) is 6.49. The van der Waals surface area contributed by atoms with E-state index in [1.54, 1.807) is 18.7 Å². The Labute approximate surface area is 133 Å². The SMILES string of the molecule is CC1(C)Oc2cc(N)c([N+](=O)[O-])cc2C(N2CCCC2=O)[C@@H]1O. The normalized spacial score (nSPS) is 25.9. The first-order chi connectivity index (χ1) is 10.7. The predicted octanol–water partition coefficient (Wildman–Crippen LogP) is 1.37. The number of nitrogens with zero attached hydrogens (tertiary/aromatic N) is 2. The van der Waals surface area contributed by atoms with E-state index in [1.165, 1.54) is 12.1 Å². The summed E-state index contributed by atoms with van der Waals surface area (Å²) in [5.41, 5.74) is 4.95. The summed E-state index contributed by atoms with van der Waals surface area (Å²) in [6.45, 7) is 3.94. The third kappa shape index (κ3) is 2.39. The second kappa shape index (κ2) is 5.09. The molecule has 2 atom stereocenters. The maximum absolute atomic E-state index is 12.1. The minimum absolute atomic E-state index is 0.00700. The van der Waals surface area contributed by atoms with Gasteiger partial charge in [-0.3, -0.25) is 14.9 Å². The van der Waals surface area contributed by atoms with Crippen LogP contribution in [-0.4, -0.2) is 39.1 Å². The van der Waals surface area contributed by atoms with Gasteiger partial charge in [0.1, 0.15) is 23.1 Å². The molecule has 0 aliphatic carbocycles. The van der Waals surface area contributed by atoms with E-state index in [1.807, 2.05) is 0 Å². The number of ether oxygens (including phenoxy) is 1. The number of carbonyl (C=O) groups is 1. The van der Waals surface area contributed by atoms with Crippen LogP contribution in [0.2, 0.25) is 0 Å². The highest BCUT2D eigenvalue weighted by atomic mass is 16.6. The maximum atomic E-state index is 12.1. The molecule has 23 heavy (non-hydrogen) atoms. The molecule has 0 spiro atoms. The molecule has 1 aromatic carbocycles. The number of fused-ring (bicyclic) bond motifs is 1. The van der Waals surface area contributed by atoms with Crippen LogP contribution < -0.4 is 10.5 Å². The number of anilines is 1. The topological polar surface area (TPSA) is 119 Å². The largest absolute Gasteiger partial charge is 0.485 e. The van der Waals surface area contributed by atoms with Gasteiger partial charge < -0.3 is 20.5 Å². The molecule has 0 aromatic heterocycles. The van der Waals surface area contributed by atoms with Crippen LogP contribution in [0.15, 0.2) is 12.1 Å². The smallest absolute Gasteiger partial charge is 0.292 e. The number of nitrogens with two attached hydrogens (primary N) is 1. The van der Waals surface area contributed by atoms with Gasteiger partial charge in [-0.25, -0.2) is 0 Å².